The fraction of sp³-hybridized carbons (Fsp3) is 0.360. The highest BCUT2D eigenvalue weighted by molar-refractivity contribution is 5.76. The minimum absolute atomic E-state index is 0.206. The van der Waals surface area contributed by atoms with E-state index in [0.29, 0.717) is 26.1 Å². The number of hydrogen-bond donors (Lipinski definition) is 2. The first-order valence-electron chi connectivity index (χ1n) is 10.8. The third kappa shape index (κ3) is 6.85. The zero-order valence-corrected chi connectivity index (χ0v) is 17.5. The summed E-state index contributed by atoms with van der Waals surface area (Å²) in [6.45, 7) is 2.01. The SMILES string of the molecule is NCCCCC(=O)N(CCc1cnc[nH]1)CC(Cc1ccccc1)c1ccccc1. The van der Waals surface area contributed by atoms with Gasteiger partial charge in [-0.2, -0.15) is 0 Å². The molecule has 30 heavy (non-hydrogen) atoms. The maximum Gasteiger partial charge on any atom is 0.222 e. The molecule has 0 aliphatic carbocycles. The van der Waals surface area contributed by atoms with E-state index in [4.69, 9.17) is 5.73 Å². The van der Waals surface area contributed by atoms with Crippen LogP contribution in [0, 0.1) is 0 Å². The summed E-state index contributed by atoms with van der Waals surface area (Å²) in [5, 5.41) is 0. The molecule has 0 spiro atoms. The molecule has 0 radical (unpaired) electrons. The molecule has 1 aromatic heterocycles. The van der Waals surface area contributed by atoms with Gasteiger partial charge in [0.25, 0.3) is 0 Å². The zero-order chi connectivity index (χ0) is 21.0. The standard InChI is InChI=1S/C25H32N4O/c26-15-8-7-13-25(30)29(16-14-24-18-27-20-28-24)19-23(22-11-5-2-6-12-22)17-21-9-3-1-4-10-21/h1-6,9-12,18,20,23H,7-8,13-17,19,26H2,(H,27,28). The van der Waals surface area contributed by atoms with Crippen molar-refractivity contribution >= 4 is 5.91 Å². The van der Waals surface area contributed by atoms with Crippen LogP contribution in [0.1, 0.15) is 42.0 Å². The van der Waals surface area contributed by atoms with Crippen LogP contribution in [0.15, 0.2) is 73.2 Å². The second-order valence-corrected chi connectivity index (χ2v) is 7.71. The Morgan fingerprint density at radius 1 is 1.03 bits per heavy atom. The van der Waals surface area contributed by atoms with E-state index in [1.165, 1.54) is 11.1 Å². The van der Waals surface area contributed by atoms with Gasteiger partial charge in [-0.25, -0.2) is 4.98 Å². The summed E-state index contributed by atoms with van der Waals surface area (Å²) in [7, 11) is 0. The number of carbonyl (C=O) groups excluding carboxylic acids is 1. The molecular formula is C25H32N4O. The summed E-state index contributed by atoms with van der Waals surface area (Å²) >= 11 is 0. The Labute approximate surface area is 179 Å². The number of aromatic amines is 1. The number of amides is 1. The lowest BCUT2D eigenvalue weighted by Crippen LogP contribution is -2.37. The van der Waals surface area contributed by atoms with Crippen molar-refractivity contribution in [2.75, 3.05) is 19.6 Å². The molecule has 0 aliphatic rings. The molecule has 1 heterocycles. The number of aromatic nitrogens is 2. The van der Waals surface area contributed by atoms with Crippen LogP contribution < -0.4 is 5.73 Å². The molecule has 5 nitrogen and oxygen atoms in total. The molecule has 158 valence electrons. The molecule has 1 atom stereocenters. The zero-order valence-electron chi connectivity index (χ0n) is 17.5. The minimum Gasteiger partial charge on any atom is -0.348 e. The number of unbranched alkanes of at least 4 members (excludes halogenated alkanes) is 1. The van der Waals surface area contributed by atoms with Gasteiger partial charge >= 0.3 is 0 Å². The van der Waals surface area contributed by atoms with Crippen LogP contribution in [0.2, 0.25) is 0 Å². The van der Waals surface area contributed by atoms with Gasteiger partial charge in [0.1, 0.15) is 0 Å². The van der Waals surface area contributed by atoms with Crippen molar-refractivity contribution in [2.45, 2.75) is 38.0 Å². The quantitative estimate of drug-likeness (QED) is 0.449. The number of rotatable bonds is 12. The van der Waals surface area contributed by atoms with Gasteiger partial charge in [0, 0.05) is 43.7 Å². The molecule has 5 heteroatoms. The Kier molecular flexibility index (Phi) is 8.66. The Hall–Kier alpha value is -2.92. The third-order valence-electron chi connectivity index (χ3n) is 5.44. The summed E-state index contributed by atoms with van der Waals surface area (Å²) in [4.78, 5) is 22.3. The van der Waals surface area contributed by atoms with Crippen molar-refractivity contribution in [3.05, 3.63) is 90.0 Å². The number of carbonyl (C=O) groups is 1. The van der Waals surface area contributed by atoms with Crippen LogP contribution >= 0.6 is 0 Å². The smallest absolute Gasteiger partial charge is 0.222 e. The van der Waals surface area contributed by atoms with E-state index in [2.05, 4.69) is 58.5 Å². The summed E-state index contributed by atoms with van der Waals surface area (Å²) < 4.78 is 0. The van der Waals surface area contributed by atoms with E-state index in [0.717, 1.165) is 31.4 Å². The molecule has 0 bridgehead atoms. The monoisotopic (exact) mass is 404 g/mol. The topological polar surface area (TPSA) is 75.0 Å². The van der Waals surface area contributed by atoms with Crippen LogP contribution in [0.5, 0.6) is 0 Å². The normalized spacial score (nSPS) is 11.9. The van der Waals surface area contributed by atoms with Gasteiger partial charge in [-0.05, 0) is 36.9 Å². The average molecular weight is 405 g/mol. The molecule has 1 amide bonds. The number of H-pyrrole nitrogens is 1. The summed E-state index contributed by atoms with van der Waals surface area (Å²) in [6, 6.07) is 21.0. The first kappa shape index (κ1) is 21.8. The van der Waals surface area contributed by atoms with E-state index in [1.54, 1.807) is 6.33 Å². The fourth-order valence-corrected chi connectivity index (χ4v) is 3.75. The number of nitrogens with one attached hydrogen (secondary N) is 1. The number of benzene rings is 2. The van der Waals surface area contributed by atoms with Crippen molar-refractivity contribution in [3.63, 3.8) is 0 Å². The lowest BCUT2D eigenvalue weighted by Gasteiger charge is -2.28. The number of nitrogens with zero attached hydrogens (tertiary/aromatic N) is 2. The highest BCUT2D eigenvalue weighted by atomic mass is 16.2. The number of nitrogens with two attached hydrogens (primary N) is 1. The first-order valence-corrected chi connectivity index (χ1v) is 10.8. The van der Waals surface area contributed by atoms with Gasteiger partial charge in [0.15, 0.2) is 0 Å². The van der Waals surface area contributed by atoms with Gasteiger partial charge in [-0.3, -0.25) is 4.79 Å². The summed E-state index contributed by atoms with van der Waals surface area (Å²) in [5.74, 6) is 0.450. The largest absolute Gasteiger partial charge is 0.348 e. The van der Waals surface area contributed by atoms with Crippen molar-refractivity contribution in [2.24, 2.45) is 5.73 Å². The van der Waals surface area contributed by atoms with Crippen molar-refractivity contribution in [1.29, 1.82) is 0 Å². The van der Waals surface area contributed by atoms with Crippen molar-refractivity contribution < 1.29 is 4.79 Å². The van der Waals surface area contributed by atoms with Gasteiger partial charge in [0.2, 0.25) is 5.91 Å². The Morgan fingerprint density at radius 2 is 1.77 bits per heavy atom. The van der Waals surface area contributed by atoms with Crippen LogP contribution in [-0.2, 0) is 17.6 Å². The first-order chi connectivity index (χ1) is 14.8. The predicted octanol–water partition coefficient (Wildman–Crippen LogP) is 3.94. The highest BCUT2D eigenvalue weighted by Gasteiger charge is 2.21. The van der Waals surface area contributed by atoms with Gasteiger partial charge in [0.05, 0.1) is 6.33 Å². The molecule has 3 aromatic rings. The molecule has 3 rings (SSSR count). The van der Waals surface area contributed by atoms with E-state index < -0.39 is 0 Å². The summed E-state index contributed by atoms with van der Waals surface area (Å²) in [5.41, 5.74) is 9.22. The third-order valence-corrected chi connectivity index (χ3v) is 5.44. The predicted molar refractivity (Wildman–Crippen MR) is 121 cm³/mol. The highest BCUT2D eigenvalue weighted by Crippen LogP contribution is 2.23. The van der Waals surface area contributed by atoms with Crippen LogP contribution in [0.4, 0.5) is 0 Å². The molecule has 2 aromatic carbocycles. The average Bonchev–Trinajstić information content (AvgIpc) is 3.31. The maximum atomic E-state index is 13.1. The molecule has 0 fully saturated rings. The summed E-state index contributed by atoms with van der Waals surface area (Å²) in [6.07, 6.45) is 7.46. The Morgan fingerprint density at radius 3 is 2.43 bits per heavy atom. The van der Waals surface area contributed by atoms with Crippen LogP contribution in [0.25, 0.3) is 0 Å². The lowest BCUT2D eigenvalue weighted by atomic mass is 9.91. The number of imidazole rings is 1. The van der Waals surface area contributed by atoms with Crippen LogP contribution in [-0.4, -0.2) is 40.4 Å². The van der Waals surface area contributed by atoms with E-state index in [9.17, 15) is 4.79 Å². The second-order valence-electron chi connectivity index (χ2n) is 7.71. The number of hydrogen-bond acceptors (Lipinski definition) is 3. The van der Waals surface area contributed by atoms with E-state index in [1.807, 2.05) is 23.2 Å². The Bertz CT molecular complexity index is 849. The molecule has 0 saturated heterocycles. The van der Waals surface area contributed by atoms with Gasteiger partial charge < -0.3 is 15.6 Å². The molecule has 0 saturated carbocycles. The Balaban J connectivity index is 1.76. The molecule has 1 unspecified atom stereocenters. The van der Waals surface area contributed by atoms with Crippen LogP contribution in [0.3, 0.4) is 0 Å². The molecular weight excluding hydrogens is 372 g/mol. The van der Waals surface area contributed by atoms with Gasteiger partial charge in [-0.1, -0.05) is 60.7 Å². The molecule has 3 N–H and O–H groups in total. The second kappa shape index (κ2) is 11.9. The van der Waals surface area contributed by atoms with Crippen molar-refractivity contribution in [1.82, 2.24) is 14.9 Å². The molecule has 0 aliphatic heterocycles. The lowest BCUT2D eigenvalue weighted by molar-refractivity contribution is -0.131. The fourth-order valence-electron chi connectivity index (χ4n) is 3.75. The van der Waals surface area contributed by atoms with Crippen molar-refractivity contribution in [3.8, 4) is 0 Å². The van der Waals surface area contributed by atoms with Gasteiger partial charge in [-0.15, -0.1) is 0 Å². The maximum absolute atomic E-state index is 13.1. The van der Waals surface area contributed by atoms with E-state index in [-0.39, 0.29) is 11.8 Å². The minimum atomic E-state index is 0.206. The van der Waals surface area contributed by atoms with E-state index >= 15 is 0 Å².